The third-order valence-corrected chi connectivity index (χ3v) is 12.0. The Balaban J connectivity index is 1.53. The van der Waals surface area contributed by atoms with Crippen molar-refractivity contribution in [3.63, 3.8) is 0 Å². The second kappa shape index (κ2) is 7.85. The maximum absolute atomic E-state index is 2.78. The predicted octanol–water partition coefficient (Wildman–Crippen LogP) is 9.13. The molecule has 0 saturated heterocycles. The smallest absolute Gasteiger partial charge is 0.0238 e. The summed E-state index contributed by atoms with van der Waals surface area (Å²) in [7, 11) is 0. The maximum atomic E-state index is 2.78. The van der Waals surface area contributed by atoms with E-state index in [4.69, 9.17) is 0 Å². The lowest BCUT2D eigenvalue weighted by Gasteiger charge is -2.65. The summed E-state index contributed by atoms with van der Waals surface area (Å²) in [5.41, 5.74) is 1.88. The lowest BCUT2D eigenvalue weighted by molar-refractivity contribution is -0.165. The summed E-state index contributed by atoms with van der Waals surface area (Å²) in [6, 6.07) is 0. The van der Waals surface area contributed by atoms with Crippen LogP contribution < -0.4 is 0 Å². The molecule has 4 aliphatic rings. The summed E-state index contributed by atoms with van der Waals surface area (Å²) >= 11 is 0. The van der Waals surface area contributed by atoms with Crippen molar-refractivity contribution in [3.05, 3.63) is 0 Å². The molecule has 0 N–H and O–H groups in total. The van der Waals surface area contributed by atoms with E-state index in [0.29, 0.717) is 16.2 Å². The molecule has 0 aromatic heterocycles. The van der Waals surface area contributed by atoms with Gasteiger partial charge in [0.15, 0.2) is 0 Å². The summed E-state index contributed by atoms with van der Waals surface area (Å²) in [6.45, 7) is 18.3. The van der Waals surface area contributed by atoms with Crippen LogP contribution in [0.1, 0.15) is 126 Å². The fourth-order valence-corrected chi connectivity index (χ4v) is 10.2. The average Bonchev–Trinajstić information content (AvgIpc) is 2.93. The third-order valence-electron chi connectivity index (χ3n) is 12.0. The van der Waals surface area contributed by atoms with Gasteiger partial charge in [-0.2, -0.15) is 0 Å². The standard InChI is InChI=1S/C29H52/c1-20(2)10-8-11-22(4)24-15-18-29(7)26-14-13-23-21(3)12-9-17-27(23,5)25(26)16-19-28(24,29)6/h20-26H,8-19H2,1-7H3/t21?,22-,23+,24-,25?,26?,27+,28-,29?/m1/s1. The first-order chi connectivity index (χ1) is 13.6. The highest BCUT2D eigenvalue weighted by Gasteiger charge is 2.65. The first kappa shape index (κ1) is 22.2. The fourth-order valence-electron chi connectivity index (χ4n) is 10.2. The molecule has 168 valence electrons. The van der Waals surface area contributed by atoms with Gasteiger partial charge < -0.3 is 0 Å². The van der Waals surface area contributed by atoms with Gasteiger partial charge in [-0.15, -0.1) is 0 Å². The monoisotopic (exact) mass is 400 g/mol. The first-order valence-corrected chi connectivity index (χ1v) is 13.6. The summed E-state index contributed by atoms with van der Waals surface area (Å²) in [6.07, 6.45) is 18.1. The van der Waals surface area contributed by atoms with E-state index in [9.17, 15) is 0 Å². The van der Waals surface area contributed by atoms with Gasteiger partial charge in [0.25, 0.3) is 0 Å². The molecule has 4 unspecified atom stereocenters. The molecule has 4 fully saturated rings. The second-order valence-corrected chi connectivity index (χ2v) is 13.6. The van der Waals surface area contributed by atoms with E-state index in [-0.39, 0.29) is 0 Å². The van der Waals surface area contributed by atoms with Gasteiger partial charge in [-0.1, -0.05) is 80.6 Å². The van der Waals surface area contributed by atoms with Gasteiger partial charge >= 0.3 is 0 Å². The number of hydrogen-bond donors (Lipinski definition) is 0. The summed E-state index contributed by atoms with van der Waals surface area (Å²) in [5, 5.41) is 0. The van der Waals surface area contributed by atoms with Crippen LogP contribution in [0.2, 0.25) is 0 Å². The quantitative estimate of drug-likeness (QED) is 0.431. The van der Waals surface area contributed by atoms with E-state index >= 15 is 0 Å². The zero-order valence-corrected chi connectivity index (χ0v) is 21.0. The van der Waals surface area contributed by atoms with E-state index < -0.39 is 0 Å². The third kappa shape index (κ3) is 3.36. The Morgan fingerprint density at radius 3 is 2.14 bits per heavy atom. The molecule has 0 spiro atoms. The van der Waals surface area contributed by atoms with Crippen LogP contribution in [-0.4, -0.2) is 0 Å². The molecule has 4 rings (SSSR count). The SMILES string of the molecule is CC(C)CCC[C@@H](C)[C@H]1CCC2(C)C3CC[C@H]4C(C)CCC[C@]4(C)C3CC[C@]12C. The lowest BCUT2D eigenvalue weighted by atomic mass is 9.39. The van der Waals surface area contributed by atoms with E-state index in [0.717, 1.165) is 41.4 Å². The van der Waals surface area contributed by atoms with Crippen LogP contribution in [0, 0.1) is 57.7 Å². The van der Waals surface area contributed by atoms with Crippen LogP contribution >= 0.6 is 0 Å². The summed E-state index contributed by atoms with van der Waals surface area (Å²) in [4.78, 5) is 0. The highest BCUT2D eigenvalue weighted by atomic mass is 14.7. The maximum Gasteiger partial charge on any atom is -0.0238 e. The first-order valence-electron chi connectivity index (χ1n) is 13.6. The van der Waals surface area contributed by atoms with Gasteiger partial charge in [-0.25, -0.2) is 0 Å². The van der Waals surface area contributed by atoms with Crippen LogP contribution in [0.15, 0.2) is 0 Å². The zero-order valence-electron chi connectivity index (χ0n) is 21.0. The van der Waals surface area contributed by atoms with Gasteiger partial charge in [-0.05, 0) is 103 Å². The minimum absolute atomic E-state index is 0.606. The van der Waals surface area contributed by atoms with Crippen molar-refractivity contribution in [1.29, 1.82) is 0 Å². The second-order valence-electron chi connectivity index (χ2n) is 13.6. The number of rotatable bonds is 5. The molecule has 29 heavy (non-hydrogen) atoms. The molecule has 0 heteroatoms. The fraction of sp³-hybridized carbons (Fsp3) is 1.00. The molecule has 0 aromatic rings. The normalized spacial score (nSPS) is 50.7. The summed E-state index contributed by atoms with van der Waals surface area (Å²) < 4.78 is 0. The van der Waals surface area contributed by atoms with Gasteiger partial charge in [0.2, 0.25) is 0 Å². The largest absolute Gasteiger partial charge is 0.0628 e. The van der Waals surface area contributed by atoms with E-state index in [1.54, 1.807) is 19.3 Å². The molecule has 0 amide bonds. The minimum Gasteiger partial charge on any atom is -0.0628 e. The molecular weight excluding hydrogens is 348 g/mol. The minimum atomic E-state index is 0.606. The van der Waals surface area contributed by atoms with Gasteiger partial charge in [0, 0.05) is 0 Å². The van der Waals surface area contributed by atoms with Crippen LogP contribution in [0.4, 0.5) is 0 Å². The lowest BCUT2D eigenvalue weighted by Crippen LogP contribution is -2.58. The highest BCUT2D eigenvalue weighted by molar-refractivity contribution is 5.14. The Bertz CT molecular complexity index is 577. The van der Waals surface area contributed by atoms with Crippen molar-refractivity contribution in [3.8, 4) is 0 Å². The number of hydrogen-bond acceptors (Lipinski definition) is 0. The van der Waals surface area contributed by atoms with Crippen molar-refractivity contribution in [2.24, 2.45) is 57.7 Å². The molecule has 0 aliphatic heterocycles. The molecule has 0 heterocycles. The van der Waals surface area contributed by atoms with Crippen molar-refractivity contribution < 1.29 is 0 Å². The number of fused-ring (bicyclic) bond motifs is 5. The Kier molecular flexibility index (Phi) is 6.01. The van der Waals surface area contributed by atoms with Crippen LogP contribution in [-0.2, 0) is 0 Å². The molecule has 0 radical (unpaired) electrons. The molecule has 9 atom stereocenters. The van der Waals surface area contributed by atoms with Gasteiger partial charge in [0.05, 0.1) is 0 Å². The predicted molar refractivity (Wildman–Crippen MR) is 127 cm³/mol. The molecule has 4 aliphatic carbocycles. The molecule has 0 aromatic carbocycles. The molecule has 0 bridgehead atoms. The Hall–Kier alpha value is 0. The topological polar surface area (TPSA) is 0 Å². The van der Waals surface area contributed by atoms with Gasteiger partial charge in [0.1, 0.15) is 0 Å². The zero-order chi connectivity index (χ0) is 21.0. The van der Waals surface area contributed by atoms with Crippen LogP contribution in [0.3, 0.4) is 0 Å². The van der Waals surface area contributed by atoms with E-state index in [2.05, 4.69) is 48.5 Å². The molecule has 0 nitrogen and oxygen atoms in total. The van der Waals surface area contributed by atoms with Gasteiger partial charge in [-0.3, -0.25) is 0 Å². The van der Waals surface area contributed by atoms with E-state index in [1.807, 2.05) is 0 Å². The van der Waals surface area contributed by atoms with Crippen molar-refractivity contribution in [1.82, 2.24) is 0 Å². The summed E-state index contributed by atoms with van der Waals surface area (Å²) in [5.74, 6) is 6.83. The van der Waals surface area contributed by atoms with Crippen LogP contribution in [0.25, 0.3) is 0 Å². The van der Waals surface area contributed by atoms with Crippen molar-refractivity contribution in [2.75, 3.05) is 0 Å². The Morgan fingerprint density at radius 1 is 0.724 bits per heavy atom. The molecular formula is C29H52. The average molecular weight is 401 g/mol. The highest BCUT2D eigenvalue weighted by Crippen LogP contribution is 2.73. The Labute approximate surface area is 183 Å². The van der Waals surface area contributed by atoms with Crippen molar-refractivity contribution in [2.45, 2.75) is 126 Å². The van der Waals surface area contributed by atoms with Crippen molar-refractivity contribution >= 4 is 0 Å². The Morgan fingerprint density at radius 2 is 1.41 bits per heavy atom. The van der Waals surface area contributed by atoms with Crippen LogP contribution in [0.5, 0.6) is 0 Å². The van der Waals surface area contributed by atoms with E-state index in [1.165, 1.54) is 57.8 Å². The molecule has 4 saturated carbocycles.